The van der Waals surface area contributed by atoms with Crippen molar-refractivity contribution in [1.29, 1.82) is 0 Å². The minimum Gasteiger partial charge on any atom is -0.329 e. The van der Waals surface area contributed by atoms with Crippen molar-refractivity contribution < 1.29 is 13.2 Å². The second kappa shape index (κ2) is 6.78. The fourth-order valence-electron chi connectivity index (χ4n) is 2.64. The van der Waals surface area contributed by atoms with Crippen LogP contribution in [-0.2, 0) is 12.7 Å². The molecule has 2 nitrogen and oxygen atoms in total. The van der Waals surface area contributed by atoms with Crippen LogP contribution >= 0.6 is 12.4 Å². The summed E-state index contributed by atoms with van der Waals surface area (Å²) >= 11 is 0. The third-order valence-electron chi connectivity index (χ3n) is 3.81. The normalized spacial score (nSPS) is 19.9. The predicted molar refractivity (Wildman–Crippen MR) is 75.9 cm³/mol. The number of alkyl halides is 3. The molecule has 1 atom stereocenters. The Morgan fingerprint density at radius 3 is 2.60 bits per heavy atom. The average Bonchev–Trinajstić information content (AvgIpc) is 2.77. The number of aryl methyl sites for hydroxylation is 1. The van der Waals surface area contributed by atoms with Crippen molar-refractivity contribution in [3.8, 4) is 0 Å². The standard InChI is InChI=1S/C14H19F3N2.ClH/c1-10-7-12(14(15,16)17)5-4-11(10)9-19-6-2-3-13(19)8-18;/h4-5,7,13H,2-3,6,8-9,18H2,1H3;1H. The number of benzene rings is 1. The summed E-state index contributed by atoms with van der Waals surface area (Å²) in [5.74, 6) is 0. The Morgan fingerprint density at radius 2 is 2.05 bits per heavy atom. The van der Waals surface area contributed by atoms with Gasteiger partial charge in [0.25, 0.3) is 0 Å². The molecule has 1 aliphatic heterocycles. The molecule has 0 aliphatic carbocycles. The Balaban J connectivity index is 0.00000200. The lowest BCUT2D eigenvalue weighted by molar-refractivity contribution is -0.137. The Hall–Kier alpha value is -0.780. The van der Waals surface area contributed by atoms with Crippen LogP contribution in [0.15, 0.2) is 18.2 Å². The van der Waals surface area contributed by atoms with Gasteiger partial charge in [-0.2, -0.15) is 13.2 Å². The van der Waals surface area contributed by atoms with E-state index in [0.29, 0.717) is 24.7 Å². The summed E-state index contributed by atoms with van der Waals surface area (Å²) in [6, 6.07) is 4.34. The van der Waals surface area contributed by atoms with Gasteiger partial charge in [0.1, 0.15) is 0 Å². The second-order valence-electron chi connectivity index (χ2n) is 5.14. The largest absolute Gasteiger partial charge is 0.416 e. The summed E-state index contributed by atoms with van der Waals surface area (Å²) in [6.45, 7) is 4.01. The van der Waals surface area contributed by atoms with Crippen LogP contribution in [0.3, 0.4) is 0 Å². The minimum atomic E-state index is -4.27. The molecule has 0 amide bonds. The van der Waals surface area contributed by atoms with Gasteiger partial charge in [-0.25, -0.2) is 0 Å². The van der Waals surface area contributed by atoms with Crippen molar-refractivity contribution in [2.45, 2.75) is 38.5 Å². The molecule has 0 aromatic heterocycles. The first-order valence-electron chi connectivity index (χ1n) is 6.52. The first-order valence-corrected chi connectivity index (χ1v) is 6.52. The predicted octanol–water partition coefficient (Wildman–Crippen LogP) is 3.36. The Kier molecular flexibility index (Phi) is 5.86. The number of nitrogens with zero attached hydrogens (tertiary/aromatic N) is 1. The molecule has 114 valence electrons. The molecule has 1 aromatic carbocycles. The molecule has 6 heteroatoms. The van der Waals surface area contributed by atoms with Gasteiger partial charge in [0.05, 0.1) is 5.56 Å². The summed E-state index contributed by atoms with van der Waals surface area (Å²) < 4.78 is 37.8. The van der Waals surface area contributed by atoms with E-state index in [0.717, 1.165) is 31.0 Å². The van der Waals surface area contributed by atoms with E-state index in [9.17, 15) is 13.2 Å². The quantitative estimate of drug-likeness (QED) is 0.928. The molecule has 1 unspecified atom stereocenters. The smallest absolute Gasteiger partial charge is 0.329 e. The van der Waals surface area contributed by atoms with Crippen molar-refractivity contribution in [3.63, 3.8) is 0 Å². The summed E-state index contributed by atoms with van der Waals surface area (Å²) in [5, 5.41) is 0. The summed E-state index contributed by atoms with van der Waals surface area (Å²) in [5.41, 5.74) is 6.77. The molecule has 1 aliphatic rings. The zero-order valence-electron chi connectivity index (χ0n) is 11.4. The van der Waals surface area contributed by atoms with Crippen LogP contribution in [0.1, 0.15) is 29.5 Å². The highest BCUT2D eigenvalue weighted by Crippen LogP contribution is 2.31. The molecule has 1 fully saturated rings. The molecule has 0 radical (unpaired) electrons. The summed E-state index contributed by atoms with van der Waals surface area (Å²) in [4.78, 5) is 2.26. The van der Waals surface area contributed by atoms with Gasteiger partial charge in [-0.3, -0.25) is 4.90 Å². The molecule has 0 saturated carbocycles. The van der Waals surface area contributed by atoms with Crippen LogP contribution in [-0.4, -0.2) is 24.0 Å². The molecule has 1 saturated heterocycles. The number of nitrogens with two attached hydrogens (primary N) is 1. The van der Waals surface area contributed by atoms with Gasteiger partial charge >= 0.3 is 6.18 Å². The average molecular weight is 309 g/mol. The van der Waals surface area contributed by atoms with Gasteiger partial charge in [-0.05, 0) is 49.6 Å². The van der Waals surface area contributed by atoms with Gasteiger partial charge in [0.2, 0.25) is 0 Å². The third-order valence-corrected chi connectivity index (χ3v) is 3.81. The summed E-state index contributed by atoms with van der Waals surface area (Å²) in [7, 11) is 0. The first kappa shape index (κ1) is 17.3. The Labute approximate surface area is 123 Å². The van der Waals surface area contributed by atoms with Crippen LogP contribution in [0.2, 0.25) is 0 Å². The maximum Gasteiger partial charge on any atom is 0.416 e. The highest BCUT2D eigenvalue weighted by molar-refractivity contribution is 5.85. The third kappa shape index (κ3) is 3.87. The highest BCUT2D eigenvalue weighted by Gasteiger charge is 2.31. The molecular weight excluding hydrogens is 289 g/mol. The van der Waals surface area contributed by atoms with Gasteiger partial charge in [-0.15, -0.1) is 12.4 Å². The maximum atomic E-state index is 12.6. The second-order valence-corrected chi connectivity index (χ2v) is 5.14. The number of hydrogen-bond acceptors (Lipinski definition) is 2. The lowest BCUT2D eigenvalue weighted by Crippen LogP contribution is -2.35. The Morgan fingerprint density at radius 1 is 1.35 bits per heavy atom. The van der Waals surface area contributed by atoms with E-state index in [1.165, 1.54) is 6.07 Å². The van der Waals surface area contributed by atoms with E-state index in [2.05, 4.69) is 4.90 Å². The lowest BCUT2D eigenvalue weighted by atomic mass is 10.0. The number of halogens is 4. The van der Waals surface area contributed by atoms with Gasteiger partial charge in [0.15, 0.2) is 0 Å². The van der Waals surface area contributed by atoms with Gasteiger partial charge in [-0.1, -0.05) is 6.07 Å². The molecule has 20 heavy (non-hydrogen) atoms. The number of rotatable bonds is 3. The molecule has 2 rings (SSSR count). The van der Waals surface area contributed by atoms with Crippen LogP contribution in [0.5, 0.6) is 0 Å². The number of hydrogen-bond donors (Lipinski definition) is 1. The molecular formula is C14H20ClF3N2. The van der Waals surface area contributed by atoms with Gasteiger partial charge in [0, 0.05) is 19.1 Å². The van der Waals surface area contributed by atoms with Crippen LogP contribution in [0.25, 0.3) is 0 Å². The first-order chi connectivity index (χ1) is 8.91. The van der Waals surface area contributed by atoms with Crippen molar-refractivity contribution in [1.82, 2.24) is 4.90 Å². The zero-order chi connectivity index (χ0) is 14.0. The van der Waals surface area contributed by atoms with E-state index in [1.807, 2.05) is 0 Å². The Bertz CT molecular complexity index is 449. The molecule has 0 spiro atoms. The van der Waals surface area contributed by atoms with Crippen molar-refractivity contribution in [3.05, 3.63) is 34.9 Å². The van der Waals surface area contributed by atoms with Crippen molar-refractivity contribution in [2.75, 3.05) is 13.1 Å². The van der Waals surface area contributed by atoms with E-state index in [4.69, 9.17) is 5.73 Å². The highest BCUT2D eigenvalue weighted by atomic mass is 35.5. The fraction of sp³-hybridized carbons (Fsp3) is 0.571. The van der Waals surface area contributed by atoms with Crippen LogP contribution < -0.4 is 5.73 Å². The SMILES string of the molecule is Cc1cc(C(F)(F)F)ccc1CN1CCCC1CN.Cl. The molecule has 1 aromatic rings. The van der Waals surface area contributed by atoms with Crippen molar-refractivity contribution >= 4 is 12.4 Å². The van der Waals surface area contributed by atoms with Crippen LogP contribution in [0.4, 0.5) is 13.2 Å². The molecule has 1 heterocycles. The lowest BCUT2D eigenvalue weighted by Gasteiger charge is -2.24. The van der Waals surface area contributed by atoms with E-state index < -0.39 is 11.7 Å². The van der Waals surface area contributed by atoms with E-state index >= 15 is 0 Å². The molecule has 2 N–H and O–H groups in total. The number of likely N-dealkylation sites (tertiary alicyclic amines) is 1. The zero-order valence-corrected chi connectivity index (χ0v) is 12.2. The van der Waals surface area contributed by atoms with E-state index in [-0.39, 0.29) is 12.4 Å². The topological polar surface area (TPSA) is 29.3 Å². The van der Waals surface area contributed by atoms with E-state index in [1.54, 1.807) is 13.0 Å². The monoisotopic (exact) mass is 308 g/mol. The van der Waals surface area contributed by atoms with Crippen molar-refractivity contribution in [2.24, 2.45) is 5.73 Å². The molecule has 0 bridgehead atoms. The fourth-order valence-corrected chi connectivity index (χ4v) is 2.64. The summed E-state index contributed by atoms with van der Waals surface area (Å²) in [6.07, 6.45) is -2.07. The van der Waals surface area contributed by atoms with Crippen LogP contribution in [0, 0.1) is 6.92 Å². The maximum absolute atomic E-state index is 12.6. The van der Waals surface area contributed by atoms with Gasteiger partial charge < -0.3 is 5.73 Å². The minimum absolute atomic E-state index is 0.